The van der Waals surface area contributed by atoms with Gasteiger partial charge in [-0.25, -0.2) is 4.98 Å². The molecule has 0 fully saturated rings. The Kier molecular flexibility index (Phi) is 7.38. The van der Waals surface area contributed by atoms with Gasteiger partial charge in [-0.15, -0.1) is 0 Å². The number of hydrogen-bond donors (Lipinski definition) is 2. The van der Waals surface area contributed by atoms with Crippen molar-refractivity contribution in [3.63, 3.8) is 0 Å². The van der Waals surface area contributed by atoms with Crippen LogP contribution in [0, 0.1) is 0 Å². The molecule has 0 saturated heterocycles. The van der Waals surface area contributed by atoms with Crippen LogP contribution in [0.3, 0.4) is 0 Å². The average Bonchev–Trinajstić information content (AvgIpc) is 3.37. The second-order valence-corrected chi connectivity index (χ2v) is 8.01. The van der Waals surface area contributed by atoms with Gasteiger partial charge in [0.05, 0.1) is 7.11 Å². The van der Waals surface area contributed by atoms with Gasteiger partial charge in [-0.3, -0.25) is 9.89 Å². The lowest BCUT2D eigenvalue weighted by atomic mass is 10.0. The molecule has 0 unspecified atom stereocenters. The summed E-state index contributed by atoms with van der Waals surface area (Å²) >= 11 is 1.50. The number of H-pyrrole nitrogens is 1. The van der Waals surface area contributed by atoms with Crippen LogP contribution in [0.4, 0.5) is 14.5 Å². The average molecular weight is 483 g/mol. The van der Waals surface area contributed by atoms with Crippen LogP contribution in [0.1, 0.15) is 15.9 Å². The molecule has 4 aromatic rings. The molecule has 0 aliphatic rings. The number of benzene rings is 3. The topological polar surface area (TPSA) is 89.1 Å². The highest BCUT2D eigenvalue weighted by atomic mass is 32.2. The van der Waals surface area contributed by atoms with E-state index in [1.807, 2.05) is 12.1 Å². The fourth-order valence-corrected chi connectivity index (χ4v) is 3.91. The molecule has 0 radical (unpaired) electrons. The number of carbonyl (C=O) groups is 1. The van der Waals surface area contributed by atoms with Crippen LogP contribution in [0.2, 0.25) is 0 Å². The third-order valence-corrected chi connectivity index (χ3v) is 5.79. The van der Waals surface area contributed by atoms with Crippen LogP contribution in [0.5, 0.6) is 11.5 Å². The van der Waals surface area contributed by atoms with E-state index < -0.39 is 6.61 Å². The van der Waals surface area contributed by atoms with Gasteiger partial charge < -0.3 is 14.8 Å². The van der Waals surface area contributed by atoms with Crippen molar-refractivity contribution in [2.75, 3.05) is 12.4 Å². The Labute approximate surface area is 198 Å². The first kappa shape index (κ1) is 23.2. The number of amides is 1. The molecule has 0 bridgehead atoms. The van der Waals surface area contributed by atoms with Crippen LogP contribution in [0.15, 0.2) is 78.2 Å². The molecule has 0 saturated carbocycles. The second kappa shape index (κ2) is 10.8. The molecule has 0 spiro atoms. The van der Waals surface area contributed by atoms with Crippen molar-refractivity contribution in [1.29, 1.82) is 0 Å². The molecular weight excluding hydrogens is 462 g/mol. The maximum Gasteiger partial charge on any atom is 0.387 e. The fourth-order valence-electron chi connectivity index (χ4n) is 3.17. The first-order valence-corrected chi connectivity index (χ1v) is 11.1. The van der Waals surface area contributed by atoms with Crippen LogP contribution < -0.4 is 14.8 Å². The Balaban J connectivity index is 1.49. The lowest BCUT2D eigenvalue weighted by Crippen LogP contribution is -2.12. The number of ether oxygens (including phenoxy) is 2. The predicted molar refractivity (Wildman–Crippen MR) is 125 cm³/mol. The van der Waals surface area contributed by atoms with Crippen LogP contribution in [0.25, 0.3) is 11.1 Å². The van der Waals surface area contributed by atoms with Crippen LogP contribution in [-0.2, 0) is 5.75 Å². The number of anilines is 1. The molecule has 0 aliphatic heterocycles. The van der Waals surface area contributed by atoms with E-state index in [2.05, 4.69) is 25.2 Å². The molecule has 0 aliphatic carbocycles. The van der Waals surface area contributed by atoms with Gasteiger partial charge in [0.2, 0.25) is 0 Å². The third kappa shape index (κ3) is 5.90. The highest BCUT2D eigenvalue weighted by Gasteiger charge is 2.14. The fraction of sp³-hybridized carbons (Fsp3) is 0.125. The van der Waals surface area contributed by atoms with Gasteiger partial charge >= 0.3 is 6.61 Å². The number of rotatable bonds is 9. The number of nitrogens with one attached hydrogen (secondary N) is 2. The molecule has 1 heterocycles. The highest BCUT2D eigenvalue weighted by Crippen LogP contribution is 2.34. The maximum absolute atomic E-state index is 12.9. The van der Waals surface area contributed by atoms with Crippen molar-refractivity contribution in [1.82, 2.24) is 15.2 Å². The number of hydrogen-bond acceptors (Lipinski definition) is 6. The molecule has 2 N–H and O–H groups in total. The zero-order chi connectivity index (χ0) is 23.9. The van der Waals surface area contributed by atoms with E-state index >= 15 is 0 Å². The number of halogens is 2. The molecule has 174 valence electrons. The van der Waals surface area contributed by atoms with Crippen molar-refractivity contribution in [2.45, 2.75) is 17.5 Å². The Morgan fingerprint density at radius 2 is 1.85 bits per heavy atom. The number of alkyl halides is 2. The molecule has 1 aromatic heterocycles. The van der Waals surface area contributed by atoms with Gasteiger partial charge in [-0.2, -0.15) is 13.9 Å². The minimum absolute atomic E-state index is 0.00627. The summed E-state index contributed by atoms with van der Waals surface area (Å²) < 4.78 is 35.6. The SMILES string of the molecule is COc1ccc(-c2cc(NC(=O)c3ccc(CSc4ncn[nH]4)cc3)ccc2OC(F)F)cc1. The third-order valence-electron chi connectivity index (χ3n) is 4.84. The summed E-state index contributed by atoms with van der Waals surface area (Å²) in [5.74, 6) is 0.991. The first-order chi connectivity index (χ1) is 16.5. The summed E-state index contributed by atoms with van der Waals surface area (Å²) in [6.07, 6.45) is 1.45. The summed E-state index contributed by atoms with van der Waals surface area (Å²) in [7, 11) is 1.54. The van der Waals surface area contributed by atoms with E-state index in [1.165, 1.54) is 30.2 Å². The zero-order valence-corrected chi connectivity index (χ0v) is 18.8. The standard InChI is InChI=1S/C24H20F2N4O3S/c1-32-19-9-6-16(7-10-19)20-12-18(8-11-21(20)33-23(25)26)29-22(31)17-4-2-15(3-5-17)13-34-24-27-14-28-30-24/h2-12,14,23H,13H2,1H3,(H,29,31)(H,27,28,30). The van der Waals surface area contributed by atoms with Gasteiger partial charge in [0, 0.05) is 22.6 Å². The number of aromatic amines is 1. The van der Waals surface area contributed by atoms with Gasteiger partial charge in [0.25, 0.3) is 5.91 Å². The molecule has 7 nitrogen and oxygen atoms in total. The van der Waals surface area contributed by atoms with E-state index in [0.717, 1.165) is 5.56 Å². The summed E-state index contributed by atoms with van der Waals surface area (Å²) in [6.45, 7) is -2.97. The van der Waals surface area contributed by atoms with Gasteiger partial charge in [0.1, 0.15) is 17.8 Å². The minimum atomic E-state index is -2.97. The first-order valence-electron chi connectivity index (χ1n) is 10.1. The van der Waals surface area contributed by atoms with E-state index in [0.29, 0.717) is 39.0 Å². The lowest BCUT2D eigenvalue weighted by Gasteiger charge is -2.14. The van der Waals surface area contributed by atoms with Crippen molar-refractivity contribution in [2.24, 2.45) is 0 Å². The van der Waals surface area contributed by atoms with Gasteiger partial charge in [-0.05, 0) is 53.6 Å². The minimum Gasteiger partial charge on any atom is -0.497 e. The number of nitrogens with zero attached hydrogens (tertiary/aromatic N) is 2. The van der Waals surface area contributed by atoms with Gasteiger partial charge in [-0.1, -0.05) is 36.0 Å². The second-order valence-electron chi connectivity index (χ2n) is 7.05. The number of aromatic nitrogens is 3. The van der Waals surface area contributed by atoms with Crippen molar-refractivity contribution < 1.29 is 23.0 Å². The molecule has 34 heavy (non-hydrogen) atoms. The highest BCUT2D eigenvalue weighted by molar-refractivity contribution is 7.98. The summed E-state index contributed by atoms with van der Waals surface area (Å²) in [5.41, 5.74) is 2.99. The van der Waals surface area contributed by atoms with Crippen molar-refractivity contribution in [3.8, 4) is 22.6 Å². The Morgan fingerprint density at radius 3 is 2.50 bits per heavy atom. The largest absolute Gasteiger partial charge is 0.497 e. The Morgan fingerprint density at radius 1 is 1.09 bits per heavy atom. The lowest BCUT2D eigenvalue weighted by molar-refractivity contribution is -0.0494. The summed E-state index contributed by atoms with van der Waals surface area (Å²) in [4.78, 5) is 16.8. The molecule has 4 rings (SSSR count). The van der Waals surface area contributed by atoms with Crippen LogP contribution >= 0.6 is 11.8 Å². The van der Waals surface area contributed by atoms with Crippen molar-refractivity contribution in [3.05, 3.63) is 84.2 Å². The zero-order valence-electron chi connectivity index (χ0n) is 18.0. The normalized spacial score (nSPS) is 10.8. The monoisotopic (exact) mass is 482 g/mol. The maximum atomic E-state index is 12.9. The molecule has 10 heteroatoms. The molecular formula is C24H20F2N4O3S. The molecule has 0 atom stereocenters. The predicted octanol–water partition coefficient (Wildman–Crippen LogP) is 5.63. The number of carbonyl (C=O) groups excluding carboxylic acids is 1. The van der Waals surface area contributed by atoms with Crippen molar-refractivity contribution >= 4 is 23.4 Å². The number of methoxy groups -OCH3 is 1. The smallest absolute Gasteiger partial charge is 0.387 e. The van der Waals surface area contributed by atoms with Crippen LogP contribution in [-0.4, -0.2) is 34.8 Å². The molecule has 1 amide bonds. The van der Waals surface area contributed by atoms with Gasteiger partial charge in [0.15, 0.2) is 5.16 Å². The molecule has 3 aromatic carbocycles. The van der Waals surface area contributed by atoms with E-state index in [9.17, 15) is 13.6 Å². The van der Waals surface area contributed by atoms with E-state index in [4.69, 9.17) is 4.74 Å². The summed E-state index contributed by atoms with van der Waals surface area (Å²) in [5, 5.41) is 10.1. The summed E-state index contributed by atoms with van der Waals surface area (Å²) in [6, 6.07) is 18.6. The van der Waals surface area contributed by atoms with E-state index in [-0.39, 0.29) is 11.7 Å². The number of thioether (sulfide) groups is 1. The Hall–Kier alpha value is -3.92. The Bertz CT molecular complexity index is 1230. The van der Waals surface area contributed by atoms with E-state index in [1.54, 1.807) is 49.6 Å². The quantitative estimate of drug-likeness (QED) is 0.301.